The largest absolute Gasteiger partial charge is 0.353 e. The lowest BCUT2D eigenvalue weighted by Crippen LogP contribution is -2.21. The van der Waals surface area contributed by atoms with Gasteiger partial charge < -0.3 is 5.32 Å². The van der Waals surface area contributed by atoms with Crippen molar-refractivity contribution < 1.29 is 0 Å². The zero-order valence-corrected chi connectivity index (χ0v) is 10.9. The standard InChI is InChI=1S/C9H12Cl2N4S/c10-7-13-8(11)15-9(14-7)12-5-6-3-1-2-4-16-6/h6H,1-5H2,(H,12,13,14,15). The van der Waals surface area contributed by atoms with Gasteiger partial charge in [-0.05, 0) is 41.8 Å². The molecule has 16 heavy (non-hydrogen) atoms. The Hall–Kier alpha value is -0.260. The number of nitrogens with zero attached hydrogens (tertiary/aromatic N) is 3. The minimum Gasteiger partial charge on any atom is -0.353 e. The van der Waals surface area contributed by atoms with E-state index in [0.717, 1.165) is 6.54 Å². The molecule has 1 aliphatic heterocycles. The van der Waals surface area contributed by atoms with Crippen molar-refractivity contribution in [2.24, 2.45) is 0 Å². The topological polar surface area (TPSA) is 50.7 Å². The van der Waals surface area contributed by atoms with Crippen LogP contribution in [0.3, 0.4) is 0 Å². The van der Waals surface area contributed by atoms with E-state index in [2.05, 4.69) is 20.3 Å². The Morgan fingerprint density at radius 1 is 1.19 bits per heavy atom. The molecule has 7 heteroatoms. The molecule has 1 aromatic heterocycles. The quantitative estimate of drug-likeness (QED) is 0.922. The van der Waals surface area contributed by atoms with Gasteiger partial charge in [-0.15, -0.1) is 0 Å². The van der Waals surface area contributed by atoms with Crippen LogP contribution in [-0.2, 0) is 0 Å². The van der Waals surface area contributed by atoms with Crippen LogP contribution in [0.4, 0.5) is 5.95 Å². The highest BCUT2D eigenvalue weighted by molar-refractivity contribution is 7.99. The average molecular weight is 279 g/mol. The number of thioether (sulfide) groups is 1. The van der Waals surface area contributed by atoms with Gasteiger partial charge >= 0.3 is 0 Å². The molecule has 1 unspecified atom stereocenters. The fraction of sp³-hybridized carbons (Fsp3) is 0.667. The maximum absolute atomic E-state index is 5.68. The lowest BCUT2D eigenvalue weighted by atomic mass is 10.2. The molecule has 0 amide bonds. The van der Waals surface area contributed by atoms with Crippen molar-refractivity contribution in [1.82, 2.24) is 15.0 Å². The Labute approximate surface area is 109 Å². The first-order valence-corrected chi connectivity index (χ1v) is 6.97. The van der Waals surface area contributed by atoms with E-state index in [1.807, 2.05) is 11.8 Å². The number of rotatable bonds is 3. The van der Waals surface area contributed by atoms with E-state index in [0.29, 0.717) is 11.2 Å². The van der Waals surface area contributed by atoms with E-state index < -0.39 is 0 Å². The number of nitrogens with one attached hydrogen (secondary N) is 1. The second-order valence-corrected chi connectivity index (χ2v) is 5.65. The molecule has 1 atom stereocenters. The maximum Gasteiger partial charge on any atom is 0.228 e. The van der Waals surface area contributed by atoms with Crippen LogP contribution in [0.1, 0.15) is 19.3 Å². The summed E-state index contributed by atoms with van der Waals surface area (Å²) in [5, 5.41) is 4.02. The van der Waals surface area contributed by atoms with Crippen LogP contribution in [0.5, 0.6) is 0 Å². The Bertz CT molecular complexity index is 337. The minimum atomic E-state index is 0.124. The molecule has 0 bridgehead atoms. The Morgan fingerprint density at radius 2 is 1.94 bits per heavy atom. The van der Waals surface area contributed by atoms with Gasteiger partial charge in [-0.3, -0.25) is 0 Å². The molecule has 0 aromatic carbocycles. The molecule has 1 N–H and O–H groups in total. The predicted octanol–water partition coefficient (Wildman–Crippen LogP) is 2.88. The van der Waals surface area contributed by atoms with Crippen LogP contribution in [0, 0.1) is 0 Å². The monoisotopic (exact) mass is 278 g/mol. The van der Waals surface area contributed by atoms with Crippen molar-refractivity contribution >= 4 is 40.9 Å². The first-order valence-electron chi connectivity index (χ1n) is 5.16. The molecule has 0 radical (unpaired) electrons. The molecule has 1 saturated heterocycles. The third-order valence-electron chi connectivity index (χ3n) is 2.34. The highest BCUT2D eigenvalue weighted by atomic mass is 35.5. The van der Waals surface area contributed by atoms with Crippen LogP contribution in [0.15, 0.2) is 0 Å². The van der Waals surface area contributed by atoms with Gasteiger partial charge in [0, 0.05) is 11.8 Å². The number of anilines is 1. The molecule has 4 nitrogen and oxygen atoms in total. The molecule has 1 aliphatic rings. The van der Waals surface area contributed by atoms with Gasteiger partial charge in [0.15, 0.2) is 0 Å². The molecule has 1 aromatic rings. The van der Waals surface area contributed by atoms with Gasteiger partial charge in [-0.25, -0.2) is 0 Å². The van der Waals surface area contributed by atoms with Gasteiger partial charge in [0.05, 0.1) is 0 Å². The van der Waals surface area contributed by atoms with E-state index in [1.165, 1.54) is 25.0 Å². The summed E-state index contributed by atoms with van der Waals surface area (Å²) in [5.41, 5.74) is 0. The molecule has 88 valence electrons. The van der Waals surface area contributed by atoms with Crippen molar-refractivity contribution in [3.05, 3.63) is 10.6 Å². The highest BCUT2D eigenvalue weighted by Gasteiger charge is 2.14. The van der Waals surface area contributed by atoms with Gasteiger partial charge in [-0.2, -0.15) is 26.7 Å². The van der Waals surface area contributed by atoms with Gasteiger partial charge in [-0.1, -0.05) is 6.42 Å². The molecule has 0 aliphatic carbocycles. The van der Waals surface area contributed by atoms with E-state index in [-0.39, 0.29) is 10.6 Å². The Kier molecular flexibility index (Phi) is 4.49. The fourth-order valence-electron chi connectivity index (χ4n) is 1.58. The minimum absolute atomic E-state index is 0.124. The molecule has 2 rings (SSSR count). The SMILES string of the molecule is Clc1nc(Cl)nc(NCC2CCCCS2)n1. The van der Waals surface area contributed by atoms with Crippen molar-refractivity contribution in [2.75, 3.05) is 17.6 Å². The number of hydrogen-bond donors (Lipinski definition) is 1. The molecular formula is C9H12Cl2N4S. The van der Waals surface area contributed by atoms with E-state index >= 15 is 0 Å². The van der Waals surface area contributed by atoms with Gasteiger partial charge in [0.2, 0.25) is 16.5 Å². The lowest BCUT2D eigenvalue weighted by molar-refractivity contribution is 0.676. The summed E-state index contributed by atoms with van der Waals surface area (Å²) in [6.07, 6.45) is 3.87. The number of aromatic nitrogens is 3. The molecule has 2 heterocycles. The van der Waals surface area contributed by atoms with Crippen LogP contribution in [0.2, 0.25) is 10.6 Å². The smallest absolute Gasteiger partial charge is 0.228 e. The second kappa shape index (κ2) is 5.89. The summed E-state index contributed by atoms with van der Waals surface area (Å²) in [5.74, 6) is 1.70. The third kappa shape index (κ3) is 3.64. The zero-order chi connectivity index (χ0) is 11.4. The number of hydrogen-bond acceptors (Lipinski definition) is 5. The summed E-state index contributed by atoms with van der Waals surface area (Å²) >= 11 is 13.4. The maximum atomic E-state index is 5.68. The third-order valence-corrected chi connectivity index (χ3v) is 4.08. The highest BCUT2D eigenvalue weighted by Crippen LogP contribution is 2.25. The van der Waals surface area contributed by atoms with Gasteiger partial charge in [0.25, 0.3) is 0 Å². The van der Waals surface area contributed by atoms with Crippen LogP contribution in [0.25, 0.3) is 0 Å². The number of halogens is 2. The predicted molar refractivity (Wildman–Crippen MR) is 68.4 cm³/mol. The lowest BCUT2D eigenvalue weighted by Gasteiger charge is -2.21. The van der Waals surface area contributed by atoms with Crippen LogP contribution >= 0.6 is 35.0 Å². The van der Waals surface area contributed by atoms with Gasteiger partial charge in [0.1, 0.15) is 0 Å². The van der Waals surface area contributed by atoms with Crippen LogP contribution in [-0.4, -0.2) is 32.5 Å². The summed E-state index contributed by atoms with van der Waals surface area (Å²) in [7, 11) is 0. The molecule has 1 fully saturated rings. The second-order valence-electron chi connectivity index (χ2n) is 3.57. The van der Waals surface area contributed by atoms with Crippen molar-refractivity contribution in [2.45, 2.75) is 24.5 Å². The summed E-state index contributed by atoms with van der Waals surface area (Å²) < 4.78 is 0. The fourth-order valence-corrected chi connectivity index (χ4v) is 3.18. The van der Waals surface area contributed by atoms with E-state index in [9.17, 15) is 0 Å². The molecule has 0 spiro atoms. The Morgan fingerprint density at radius 3 is 2.56 bits per heavy atom. The van der Waals surface area contributed by atoms with E-state index in [4.69, 9.17) is 23.2 Å². The first-order chi connectivity index (χ1) is 7.74. The average Bonchev–Trinajstić information content (AvgIpc) is 2.27. The van der Waals surface area contributed by atoms with Crippen molar-refractivity contribution in [3.63, 3.8) is 0 Å². The zero-order valence-electron chi connectivity index (χ0n) is 8.62. The molecule has 0 saturated carbocycles. The Balaban J connectivity index is 1.88. The van der Waals surface area contributed by atoms with Crippen LogP contribution < -0.4 is 5.32 Å². The summed E-state index contributed by atoms with van der Waals surface area (Å²) in [4.78, 5) is 11.6. The first kappa shape index (κ1) is 12.2. The normalized spacial score (nSPS) is 20.8. The molecular weight excluding hydrogens is 267 g/mol. The summed E-state index contributed by atoms with van der Waals surface area (Å²) in [6.45, 7) is 0.849. The van der Waals surface area contributed by atoms with E-state index in [1.54, 1.807) is 0 Å². The van der Waals surface area contributed by atoms with Crippen molar-refractivity contribution in [3.8, 4) is 0 Å². The summed E-state index contributed by atoms with van der Waals surface area (Å²) in [6, 6.07) is 0. The van der Waals surface area contributed by atoms with Crippen molar-refractivity contribution in [1.29, 1.82) is 0 Å².